The molecule has 1 N–H and O–H groups in total. The number of fused-ring (bicyclic) bond motifs is 1. The van der Waals surface area contributed by atoms with Crippen LogP contribution in [0.1, 0.15) is 21.6 Å². The SMILES string of the molecule is [B]c1cccc(Cn2cc(C(=O)c3ccc(O)c(F)c3)c(=O)c3ccccc32)n1. The quantitative estimate of drug-likeness (QED) is 0.433. The molecular formula is C22H14BFN2O3. The minimum atomic E-state index is -0.930. The number of rotatable bonds is 4. The fraction of sp³-hybridized carbons (Fsp3) is 0.0455. The predicted octanol–water partition coefficient (Wildman–Crippen LogP) is 2.31. The number of benzene rings is 2. The molecule has 0 atom stereocenters. The molecule has 2 radical (unpaired) electrons. The Bertz CT molecular complexity index is 1320. The first-order valence-electron chi connectivity index (χ1n) is 8.81. The van der Waals surface area contributed by atoms with E-state index in [0.717, 1.165) is 12.1 Å². The van der Waals surface area contributed by atoms with Crippen LogP contribution in [0.15, 0.2) is 71.7 Å². The third-order valence-corrected chi connectivity index (χ3v) is 4.60. The van der Waals surface area contributed by atoms with Gasteiger partial charge in [-0.25, -0.2) is 4.39 Å². The van der Waals surface area contributed by atoms with E-state index in [2.05, 4.69) is 4.98 Å². The first-order chi connectivity index (χ1) is 13.9. The first kappa shape index (κ1) is 18.6. The van der Waals surface area contributed by atoms with Gasteiger partial charge in [0.25, 0.3) is 0 Å². The Morgan fingerprint density at radius 3 is 2.66 bits per heavy atom. The number of halogens is 1. The van der Waals surface area contributed by atoms with Crippen molar-refractivity contribution in [3.05, 3.63) is 99.7 Å². The Kier molecular flexibility index (Phi) is 4.72. The highest BCUT2D eigenvalue weighted by molar-refractivity contribution is 6.30. The van der Waals surface area contributed by atoms with Gasteiger partial charge in [-0.05, 0) is 42.0 Å². The summed E-state index contributed by atoms with van der Waals surface area (Å²) >= 11 is 0. The van der Waals surface area contributed by atoms with Crippen molar-refractivity contribution in [1.82, 2.24) is 9.55 Å². The third-order valence-electron chi connectivity index (χ3n) is 4.60. The highest BCUT2D eigenvalue weighted by Gasteiger charge is 2.18. The van der Waals surface area contributed by atoms with Crippen LogP contribution < -0.4 is 11.0 Å². The number of phenols is 1. The molecule has 0 aliphatic rings. The Labute approximate surface area is 166 Å². The van der Waals surface area contributed by atoms with E-state index in [1.165, 1.54) is 12.3 Å². The van der Waals surface area contributed by atoms with Gasteiger partial charge < -0.3 is 9.67 Å². The maximum Gasteiger partial charge on any atom is 0.200 e. The van der Waals surface area contributed by atoms with Gasteiger partial charge in [-0.2, -0.15) is 0 Å². The fourth-order valence-electron chi connectivity index (χ4n) is 3.20. The molecule has 0 saturated heterocycles. The lowest BCUT2D eigenvalue weighted by Gasteiger charge is -2.13. The van der Waals surface area contributed by atoms with Gasteiger partial charge in [0.1, 0.15) is 7.85 Å². The summed E-state index contributed by atoms with van der Waals surface area (Å²) < 4.78 is 15.4. The molecule has 0 unspecified atom stereocenters. The highest BCUT2D eigenvalue weighted by Crippen LogP contribution is 2.19. The van der Waals surface area contributed by atoms with Gasteiger partial charge in [0.15, 0.2) is 17.3 Å². The molecular weight excluding hydrogens is 370 g/mol. The van der Waals surface area contributed by atoms with Crippen LogP contribution in [0, 0.1) is 5.82 Å². The van der Waals surface area contributed by atoms with Crippen molar-refractivity contribution in [2.24, 2.45) is 0 Å². The average Bonchev–Trinajstić information content (AvgIpc) is 2.72. The summed E-state index contributed by atoms with van der Waals surface area (Å²) in [7, 11) is 5.75. The van der Waals surface area contributed by atoms with Crippen molar-refractivity contribution in [3.8, 4) is 5.75 Å². The van der Waals surface area contributed by atoms with Gasteiger partial charge in [-0.3, -0.25) is 14.6 Å². The summed E-state index contributed by atoms with van der Waals surface area (Å²) in [6.45, 7) is 0.288. The van der Waals surface area contributed by atoms with Crippen molar-refractivity contribution in [2.75, 3.05) is 0 Å². The molecule has 2 heterocycles. The summed E-state index contributed by atoms with van der Waals surface area (Å²) in [5, 5.41) is 9.72. The van der Waals surface area contributed by atoms with E-state index in [0.29, 0.717) is 22.2 Å². The van der Waals surface area contributed by atoms with Crippen LogP contribution in [0.3, 0.4) is 0 Å². The summed E-state index contributed by atoms with van der Waals surface area (Å²) in [6, 6.07) is 15.4. The average molecular weight is 384 g/mol. The molecule has 2 aromatic heterocycles. The molecule has 0 bridgehead atoms. The van der Waals surface area contributed by atoms with Crippen LogP contribution >= 0.6 is 0 Å². The number of para-hydroxylation sites is 1. The number of pyridine rings is 2. The van der Waals surface area contributed by atoms with Crippen LogP contribution in [0.4, 0.5) is 4.39 Å². The zero-order chi connectivity index (χ0) is 20.5. The van der Waals surface area contributed by atoms with Crippen molar-refractivity contribution in [3.63, 3.8) is 0 Å². The minimum absolute atomic E-state index is 0.0266. The molecule has 0 aliphatic carbocycles. The second-order valence-electron chi connectivity index (χ2n) is 6.57. The summed E-state index contributed by atoms with van der Waals surface area (Å²) in [6.07, 6.45) is 1.45. The molecule has 0 aliphatic heterocycles. The largest absolute Gasteiger partial charge is 0.505 e. The number of aromatic nitrogens is 2. The minimum Gasteiger partial charge on any atom is -0.505 e. The molecule has 5 nitrogen and oxygen atoms in total. The Morgan fingerprint density at radius 1 is 1.10 bits per heavy atom. The standard InChI is InChI=1S/C22H14BFN2O3/c23-20-7-3-4-14(25-20)11-26-12-16(22(29)15-5-1-2-6-18(15)26)21(28)13-8-9-19(27)17(24)10-13/h1-10,12,27H,11H2. The lowest BCUT2D eigenvalue weighted by Crippen LogP contribution is -2.21. The number of carbonyl (C=O) groups excluding carboxylic acids is 1. The number of carbonyl (C=O) groups is 1. The number of aromatic hydroxyl groups is 1. The van der Waals surface area contributed by atoms with Crippen LogP contribution in [0.25, 0.3) is 10.9 Å². The van der Waals surface area contributed by atoms with Crippen molar-refractivity contribution >= 4 is 30.1 Å². The van der Waals surface area contributed by atoms with Crippen LogP contribution in [0.5, 0.6) is 5.75 Å². The summed E-state index contributed by atoms with van der Waals surface area (Å²) in [4.78, 5) is 30.1. The van der Waals surface area contributed by atoms with Crippen molar-refractivity contribution < 1.29 is 14.3 Å². The third kappa shape index (κ3) is 3.54. The number of nitrogens with zero attached hydrogens (tertiary/aromatic N) is 2. The van der Waals surface area contributed by atoms with Gasteiger partial charge >= 0.3 is 0 Å². The Hall–Kier alpha value is -3.74. The molecule has 0 fully saturated rings. The summed E-state index contributed by atoms with van der Waals surface area (Å²) in [5.74, 6) is -2.12. The molecule has 0 spiro atoms. The highest BCUT2D eigenvalue weighted by atomic mass is 19.1. The fourth-order valence-corrected chi connectivity index (χ4v) is 3.20. The van der Waals surface area contributed by atoms with Crippen LogP contribution in [-0.2, 0) is 6.54 Å². The van der Waals surface area contributed by atoms with Crippen molar-refractivity contribution in [1.29, 1.82) is 0 Å². The van der Waals surface area contributed by atoms with E-state index in [-0.39, 0.29) is 17.7 Å². The lowest BCUT2D eigenvalue weighted by atomic mass is 10.0. The molecule has 7 heteroatoms. The predicted molar refractivity (Wildman–Crippen MR) is 108 cm³/mol. The summed E-state index contributed by atoms with van der Waals surface area (Å²) in [5.41, 5.74) is 1.08. The van der Waals surface area contributed by atoms with E-state index < -0.39 is 22.8 Å². The van der Waals surface area contributed by atoms with Gasteiger partial charge in [-0.15, -0.1) is 0 Å². The van der Waals surface area contributed by atoms with E-state index in [1.807, 2.05) is 0 Å². The topological polar surface area (TPSA) is 72.2 Å². The van der Waals surface area contributed by atoms with Gasteiger partial charge in [0.05, 0.1) is 23.3 Å². The van der Waals surface area contributed by atoms with Gasteiger partial charge in [0, 0.05) is 17.1 Å². The van der Waals surface area contributed by atoms with E-state index >= 15 is 0 Å². The lowest BCUT2D eigenvalue weighted by molar-refractivity contribution is 0.103. The van der Waals surface area contributed by atoms with E-state index in [1.54, 1.807) is 47.0 Å². The molecule has 4 rings (SSSR count). The van der Waals surface area contributed by atoms with Crippen molar-refractivity contribution in [2.45, 2.75) is 6.54 Å². The maximum absolute atomic E-state index is 13.7. The molecule has 140 valence electrons. The molecule has 0 amide bonds. The number of phenolic OH excluding ortho intramolecular Hbond substituents is 1. The normalized spacial score (nSPS) is 10.9. The zero-order valence-corrected chi connectivity index (χ0v) is 15.2. The van der Waals surface area contributed by atoms with Gasteiger partial charge in [-0.1, -0.05) is 24.3 Å². The first-order valence-corrected chi connectivity index (χ1v) is 8.81. The monoisotopic (exact) mass is 384 g/mol. The van der Waals surface area contributed by atoms with Crippen LogP contribution in [-0.4, -0.2) is 28.3 Å². The molecule has 2 aromatic carbocycles. The zero-order valence-electron chi connectivity index (χ0n) is 15.2. The maximum atomic E-state index is 13.7. The van der Waals surface area contributed by atoms with E-state index in [9.17, 15) is 19.1 Å². The van der Waals surface area contributed by atoms with Gasteiger partial charge in [0.2, 0.25) is 5.43 Å². The second kappa shape index (κ2) is 7.35. The molecule has 0 saturated carbocycles. The Morgan fingerprint density at radius 2 is 1.90 bits per heavy atom. The molecule has 4 aromatic rings. The number of hydrogen-bond acceptors (Lipinski definition) is 4. The van der Waals surface area contributed by atoms with E-state index in [4.69, 9.17) is 7.85 Å². The Balaban J connectivity index is 1.88. The number of ketones is 1. The smallest absolute Gasteiger partial charge is 0.200 e. The second-order valence-corrected chi connectivity index (χ2v) is 6.57. The molecule has 29 heavy (non-hydrogen) atoms. The van der Waals surface area contributed by atoms with Crippen LogP contribution in [0.2, 0.25) is 0 Å². The number of hydrogen-bond donors (Lipinski definition) is 1.